The van der Waals surface area contributed by atoms with E-state index in [0.29, 0.717) is 0 Å². The molecule has 3 heteroatoms. The summed E-state index contributed by atoms with van der Waals surface area (Å²) < 4.78 is 0. The fourth-order valence-corrected chi connectivity index (χ4v) is 0.779. The van der Waals surface area contributed by atoms with Crippen LogP contribution in [0.5, 0.6) is 0 Å². The van der Waals surface area contributed by atoms with Crippen LogP contribution in [0.4, 0.5) is 0 Å². The van der Waals surface area contributed by atoms with Crippen molar-refractivity contribution in [2.24, 2.45) is 0 Å². The molecular weight excluding hydrogens is 166 g/mol. The van der Waals surface area contributed by atoms with E-state index in [9.17, 15) is 4.79 Å². The Morgan fingerprint density at radius 3 is 2.92 bits per heavy atom. The van der Waals surface area contributed by atoms with Gasteiger partial charge in [-0.1, -0.05) is 24.3 Å². The number of carbonyl (C=O) groups is 1. The molecule has 1 aromatic rings. The number of allylic oxidation sites excluding steroid dienone is 2. The summed E-state index contributed by atoms with van der Waals surface area (Å²) in [6.45, 7) is 0. The number of carboxylic acids is 1. The van der Waals surface area contributed by atoms with Crippen LogP contribution in [0.3, 0.4) is 0 Å². The quantitative estimate of drug-likeness (QED) is 0.562. The van der Waals surface area contributed by atoms with Gasteiger partial charge in [-0.05, 0) is 11.6 Å². The lowest BCUT2D eigenvalue weighted by Crippen LogP contribution is -1.84. The molecule has 1 rings (SSSR count). The van der Waals surface area contributed by atoms with Crippen molar-refractivity contribution >= 4 is 12.0 Å². The van der Waals surface area contributed by atoms with E-state index in [-0.39, 0.29) is 0 Å². The van der Waals surface area contributed by atoms with Gasteiger partial charge in [0.2, 0.25) is 0 Å². The van der Waals surface area contributed by atoms with Crippen LogP contribution in [-0.4, -0.2) is 16.1 Å². The largest absolute Gasteiger partial charge is 0.478 e. The van der Waals surface area contributed by atoms with Crippen molar-refractivity contribution < 1.29 is 9.90 Å². The molecular formula is C10H9NO2. The Morgan fingerprint density at radius 2 is 2.31 bits per heavy atom. The molecule has 1 heterocycles. The van der Waals surface area contributed by atoms with Gasteiger partial charge >= 0.3 is 5.97 Å². The van der Waals surface area contributed by atoms with Gasteiger partial charge in [0.15, 0.2) is 0 Å². The minimum Gasteiger partial charge on any atom is -0.478 e. The first-order valence-corrected chi connectivity index (χ1v) is 3.77. The number of pyridine rings is 1. The Balaban J connectivity index is 2.55. The molecule has 0 amide bonds. The standard InChI is InChI=1S/C10H9NO2/c12-10(13)6-2-1-4-9-5-3-7-11-8-9/h1-8H,(H,12,13)/b4-1+,6-2+. The zero-order chi connectivity index (χ0) is 9.52. The van der Waals surface area contributed by atoms with E-state index in [1.807, 2.05) is 12.1 Å². The Labute approximate surface area is 76.1 Å². The number of rotatable bonds is 3. The first-order chi connectivity index (χ1) is 6.29. The van der Waals surface area contributed by atoms with Gasteiger partial charge in [0.05, 0.1) is 0 Å². The van der Waals surface area contributed by atoms with Gasteiger partial charge in [0, 0.05) is 18.5 Å². The number of aromatic nitrogens is 1. The molecule has 3 nitrogen and oxygen atoms in total. The van der Waals surface area contributed by atoms with Gasteiger partial charge in [-0.15, -0.1) is 0 Å². The molecule has 0 fully saturated rings. The summed E-state index contributed by atoms with van der Waals surface area (Å²) in [5.74, 6) is -0.948. The second kappa shape index (κ2) is 4.87. The molecule has 0 bridgehead atoms. The number of aliphatic carboxylic acids is 1. The third-order valence-electron chi connectivity index (χ3n) is 1.32. The topological polar surface area (TPSA) is 50.2 Å². The molecule has 0 spiro atoms. The highest BCUT2D eigenvalue weighted by molar-refractivity contribution is 5.80. The van der Waals surface area contributed by atoms with Gasteiger partial charge in [-0.3, -0.25) is 4.98 Å². The van der Waals surface area contributed by atoms with Gasteiger partial charge < -0.3 is 5.11 Å². The van der Waals surface area contributed by atoms with E-state index in [4.69, 9.17) is 5.11 Å². The van der Waals surface area contributed by atoms with Crippen LogP contribution in [0.25, 0.3) is 6.08 Å². The molecule has 66 valence electrons. The Kier molecular flexibility index (Phi) is 3.45. The minimum absolute atomic E-state index is 0.942. The van der Waals surface area contributed by atoms with Crippen LogP contribution in [0.2, 0.25) is 0 Å². The number of carboxylic acid groups (broad SMARTS) is 1. The van der Waals surface area contributed by atoms with E-state index >= 15 is 0 Å². The van der Waals surface area contributed by atoms with E-state index < -0.39 is 5.97 Å². The highest BCUT2D eigenvalue weighted by atomic mass is 16.4. The summed E-state index contributed by atoms with van der Waals surface area (Å²) in [7, 11) is 0. The molecule has 0 aliphatic carbocycles. The molecule has 0 aliphatic rings. The SMILES string of the molecule is O=C(O)/C=C/C=C/c1cccnc1. The van der Waals surface area contributed by atoms with Crippen LogP contribution < -0.4 is 0 Å². The maximum atomic E-state index is 10.1. The van der Waals surface area contributed by atoms with Crippen molar-refractivity contribution in [3.8, 4) is 0 Å². The Hall–Kier alpha value is -1.90. The van der Waals surface area contributed by atoms with Gasteiger partial charge in [-0.2, -0.15) is 0 Å². The predicted octanol–water partition coefficient (Wildman–Crippen LogP) is 1.74. The van der Waals surface area contributed by atoms with Crippen molar-refractivity contribution in [3.05, 3.63) is 48.3 Å². The van der Waals surface area contributed by atoms with Gasteiger partial charge in [0.25, 0.3) is 0 Å². The maximum Gasteiger partial charge on any atom is 0.328 e. The zero-order valence-corrected chi connectivity index (χ0v) is 6.92. The van der Waals surface area contributed by atoms with Crippen molar-refractivity contribution in [2.75, 3.05) is 0 Å². The fraction of sp³-hybridized carbons (Fsp3) is 0. The monoisotopic (exact) mass is 175 g/mol. The second-order valence-corrected chi connectivity index (χ2v) is 2.34. The first kappa shape index (κ1) is 9.19. The molecule has 13 heavy (non-hydrogen) atoms. The number of hydrogen-bond donors (Lipinski definition) is 1. The summed E-state index contributed by atoms with van der Waals surface area (Å²) in [5.41, 5.74) is 0.942. The average molecular weight is 175 g/mol. The van der Waals surface area contributed by atoms with Crippen molar-refractivity contribution in [3.63, 3.8) is 0 Å². The van der Waals surface area contributed by atoms with E-state index in [1.54, 1.807) is 24.5 Å². The van der Waals surface area contributed by atoms with E-state index in [2.05, 4.69) is 4.98 Å². The lowest BCUT2D eigenvalue weighted by atomic mass is 10.2. The molecule has 0 saturated heterocycles. The summed E-state index contributed by atoms with van der Waals surface area (Å²) in [6.07, 6.45) is 9.37. The Bertz CT molecular complexity index is 328. The summed E-state index contributed by atoms with van der Waals surface area (Å²) >= 11 is 0. The van der Waals surface area contributed by atoms with Gasteiger partial charge in [0.1, 0.15) is 0 Å². The van der Waals surface area contributed by atoms with Crippen molar-refractivity contribution in [2.45, 2.75) is 0 Å². The maximum absolute atomic E-state index is 10.1. The van der Waals surface area contributed by atoms with Crippen molar-refractivity contribution in [1.82, 2.24) is 4.98 Å². The lowest BCUT2D eigenvalue weighted by Gasteiger charge is -1.87. The third-order valence-corrected chi connectivity index (χ3v) is 1.32. The lowest BCUT2D eigenvalue weighted by molar-refractivity contribution is -0.131. The number of hydrogen-bond acceptors (Lipinski definition) is 2. The van der Waals surface area contributed by atoms with Crippen LogP contribution in [-0.2, 0) is 4.79 Å². The van der Waals surface area contributed by atoms with Crippen LogP contribution >= 0.6 is 0 Å². The molecule has 0 aliphatic heterocycles. The van der Waals surface area contributed by atoms with E-state index in [0.717, 1.165) is 11.6 Å². The smallest absolute Gasteiger partial charge is 0.328 e. The van der Waals surface area contributed by atoms with Crippen LogP contribution in [0.15, 0.2) is 42.8 Å². The third kappa shape index (κ3) is 3.86. The second-order valence-electron chi connectivity index (χ2n) is 2.34. The van der Waals surface area contributed by atoms with E-state index in [1.165, 1.54) is 6.08 Å². The van der Waals surface area contributed by atoms with Crippen LogP contribution in [0.1, 0.15) is 5.56 Å². The predicted molar refractivity (Wildman–Crippen MR) is 50.0 cm³/mol. The highest BCUT2D eigenvalue weighted by Gasteiger charge is 1.82. The molecule has 0 saturated carbocycles. The first-order valence-electron chi connectivity index (χ1n) is 3.77. The molecule has 0 atom stereocenters. The normalized spacial score (nSPS) is 11.1. The molecule has 0 unspecified atom stereocenters. The molecule has 1 N–H and O–H groups in total. The highest BCUT2D eigenvalue weighted by Crippen LogP contribution is 1.98. The van der Waals surface area contributed by atoms with Gasteiger partial charge in [-0.25, -0.2) is 4.79 Å². The minimum atomic E-state index is -0.948. The molecule has 0 aromatic carbocycles. The Morgan fingerprint density at radius 1 is 1.46 bits per heavy atom. The summed E-state index contributed by atoms with van der Waals surface area (Å²) in [5, 5.41) is 8.28. The zero-order valence-electron chi connectivity index (χ0n) is 6.92. The average Bonchev–Trinajstić information content (AvgIpc) is 2.14. The number of nitrogens with zero attached hydrogens (tertiary/aromatic N) is 1. The molecule has 0 radical (unpaired) electrons. The van der Waals surface area contributed by atoms with Crippen molar-refractivity contribution in [1.29, 1.82) is 0 Å². The molecule has 1 aromatic heterocycles. The van der Waals surface area contributed by atoms with Crippen LogP contribution in [0, 0.1) is 0 Å². The summed E-state index contributed by atoms with van der Waals surface area (Å²) in [6, 6.07) is 3.71. The fourth-order valence-electron chi connectivity index (χ4n) is 0.779. The summed E-state index contributed by atoms with van der Waals surface area (Å²) in [4.78, 5) is 14.0.